The van der Waals surface area contributed by atoms with Crippen molar-refractivity contribution >= 4 is 39.5 Å². The van der Waals surface area contributed by atoms with E-state index in [1.807, 2.05) is 19.9 Å². The molecule has 2 rings (SSSR count). The van der Waals surface area contributed by atoms with Crippen molar-refractivity contribution in [3.8, 4) is 0 Å². The topological polar surface area (TPSA) is 66.5 Å². The van der Waals surface area contributed by atoms with E-state index in [2.05, 4.69) is 21.2 Å². The molecular formula is C12H11BrN2O3. The molecule has 0 aliphatic carbocycles. The van der Waals surface area contributed by atoms with Crippen LogP contribution in [0.3, 0.4) is 0 Å². The van der Waals surface area contributed by atoms with Crippen molar-refractivity contribution in [2.45, 2.75) is 20.3 Å². The first-order valence-corrected chi connectivity index (χ1v) is 6.13. The number of urea groups is 1. The summed E-state index contributed by atoms with van der Waals surface area (Å²) in [6, 6.07) is 2.87. The van der Waals surface area contributed by atoms with Crippen LogP contribution in [-0.2, 0) is 9.59 Å². The molecule has 0 unspecified atom stereocenters. The van der Waals surface area contributed by atoms with Crippen LogP contribution in [0.25, 0.3) is 0 Å². The lowest BCUT2D eigenvalue weighted by molar-refractivity contribution is -0.128. The third-order valence-corrected chi connectivity index (χ3v) is 3.45. The van der Waals surface area contributed by atoms with Gasteiger partial charge in [-0.05, 0) is 53.0 Å². The Morgan fingerprint density at radius 1 is 1.17 bits per heavy atom. The average Bonchev–Trinajstić information content (AvgIpc) is 2.24. The Bertz CT molecular complexity index is 549. The number of carbonyl (C=O) groups excluding carboxylic acids is 3. The second-order valence-electron chi connectivity index (χ2n) is 4.15. The fourth-order valence-electron chi connectivity index (χ4n) is 1.73. The molecule has 1 fully saturated rings. The van der Waals surface area contributed by atoms with E-state index < -0.39 is 17.8 Å². The molecule has 94 valence electrons. The fraction of sp³-hybridized carbons (Fsp3) is 0.250. The number of carbonyl (C=O) groups is 3. The highest BCUT2D eigenvalue weighted by molar-refractivity contribution is 9.10. The fourth-order valence-corrected chi connectivity index (χ4v) is 2.37. The molecule has 0 aromatic heterocycles. The Labute approximate surface area is 112 Å². The zero-order valence-electron chi connectivity index (χ0n) is 9.91. The van der Waals surface area contributed by atoms with E-state index in [1.54, 1.807) is 6.07 Å². The summed E-state index contributed by atoms with van der Waals surface area (Å²) < 4.78 is 0.642. The van der Waals surface area contributed by atoms with Crippen LogP contribution in [0.15, 0.2) is 16.6 Å². The van der Waals surface area contributed by atoms with E-state index in [4.69, 9.17) is 0 Å². The maximum Gasteiger partial charge on any atom is 0.335 e. The lowest BCUT2D eigenvalue weighted by atomic mass is 10.1. The molecule has 1 aromatic rings. The average molecular weight is 311 g/mol. The van der Waals surface area contributed by atoms with Crippen LogP contribution in [0.5, 0.6) is 0 Å². The van der Waals surface area contributed by atoms with Crippen molar-refractivity contribution in [3.05, 3.63) is 27.7 Å². The number of anilines is 1. The Kier molecular flexibility index (Phi) is 3.21. The molecule has 0 radical (unpaired) electrons. The molecule has 0 saturated carbocycles. The first-order valence-electron chi connectivity index (χ1n) is 5.33. The monoisotopic (exact) mass is 310 g/mol. The smallest absolute Gasteiger partial charge is 0.277 e. The normalized spacial score (nSPS) is 15.9. The highest BCUT2D eigenvalue weighted by atomic mass is 79.9. The number of rotatable bonds is 1. The van der Waals surface area contributed by atoms with Gasteiger partial charge in [0, 0.05) is 4.47 Å². The molecule has 0 atom stereocenters. The van der Waals surface area contributed by atoms with Crippen molar-refractivity contribution < 1.29 is 14.4 Å². The van der Waals surface area contributed by atoms with Crippen molar-refractivity contribution in [2.24, 2.45) is 0 Å². The van der Waals surface area contributed by atoms with Gasteiger partial charge in [0.1, 0.15) is 6.42 Å². The van der Waals surface area contributed by atoms with E-state index >= 15 is 0 Å². The summed E-state index contributed by atoms with van der Waals surface area (Å²) in [5.74, 6) is -1.09. The molecule has 1 aliphatic rings. The van der Waals surface area contributed by atoms with Crippen LogP contribution in [0, 0.1) is 13.8 Å². The number of nitrogens with one attached hydrogen (secondary N) is 1. The third kappa shape index (κ3) is 2.15. The summed E-state index contributed by atoms with van der Waals surface area (Å²) in [5, 5.41) is 2.13. The molecule has 18 heavy (non-hydrogen) atoms. The molecule has 5 nitrogen and oxygen atoms in total. The van der Waals surface area contributed by atoms with E-state index in [0.29, 0.717) is 10.2 Å². The van der Waals surface area contributed by atoms with Crippen molar-refractivity contribution in [3.63, 3.8) is 0 Å². The Morgan fingerprint density at radius 3 is 2.39 bits per heavy atom. The second kappa shape index (κ2) is 4.53. The van der Waals surface area contributed by atoms with E-state index in [0.717, 1.165) is 16.0 Å². The molecular weight excluding hydrogens is 300 g/mol. The predicted octanol–water partition coefficient (Wildman–Crippen LogP) is 2.04. The van der Waals surface area contributed by atoms with E-state index in [1.165, 1.54) is 0 Å². The molecule has 6 heteroatoms. The molecule has 1 N–H and O–H groups in total. The van der Waals surface area contributed by atoms with Crippen molar-refractivity contribution in [1.29, 1.82) is 0 Å². The number of benzene rings is 1. The number of hydrogen-bond donors (Lipinski definition) is 1. The Hall–Kier alpha value is -1.69. The van der Waals surface area contributed by atoms with Crippen LogP contribution >= 0.6 is 15.9 Å². The van der Waals surface area contributed by atoms with Gasteiger partial charge in [-0.3, -0.25) is 14.9 Å². The summed E-state index contributed by atoms with van der Waals surface area (Å²) in [4.78, 5) is 35.6. The summed E-state index contributed by atoms with van der Waals surface area (Å²) in [6.45, 7) is 3.83. The second-order valence-corrected chi connectivity index (χ2v) is 5.00. The number of aryl methyl sites for hydroxylation is 2. The van der Waals surface area contributed by atoms with Crippen LogP contribution in [0.2, 0.25) is 0 Å². The standard InChI is InChI=1S/C12H11BrN2O3/c1-6-3-8(13)9(4-7(6)2)15-11(17)5-10(16)14-12(15)18/h3-4H,5H2,1-2H3,(H,14,16,18). The predicted molar refractivity (Wildman–Crippen MR) is 69.3 cm³/mol. The first-order chi connectivity index (χ1) is 8.40. The van der Waals surface area contributed by atoms with Gasteiger partial charge in [-0.15, -0.1) is 0 Å². The Morgan fingerprint density at radius 2 is 1.78 bits per heavy atom. The van der Waals surface area contributed by atoms with Gasteiger partial charge in [-0.1, -0.05) is 0 Å². The lowest BCUT2D eigenvalue weighted by Crippen LogP contribution is -2.53. The van der Waals surface area contributed by atoms with E-state index in [-0.39, 0.29) is 6.42 Å². The largest absolute Gasteiger partial charge is 0.335 e. The minimum atomic E-state index is -0.708. The summed E-state index contributed by atoms with van der Waals surface area (Å²) in [5.41, 5.74) is 2.46. The zero-order valence-corrected chi connectivity index (χ0v) is 11.5. The van der Waals surface area contributed by atoms with Crippen LogP contribution in [-0.4, -0.2) is 17.8 Å². The summed E-state index contributed by atoms with van der Waals surface area (Å²) in [7, 11) is 0. The quantitative estimate of drug-likeness (QED) is 0.807. The zero-order chi connectivity index (χ0) is 13.4. The van der Waals surface area contributed by atoms with Gasteiger partial charge >= 0.3 is 6.03 Å². The molecule has 1 saturated heterocycles. The number of hydrogen-bond acceptors (Lipinski definition) is 3. The number of imide groups is 2. The number of nitrogens with zero attached hydrogens (tertiary/aromatic N) is 1. The Balaban J connectivity index is 2.48. The van der Waals surface area contributed by atoms with Crippen molar-refractivity contribution in [2.75, 3.05) is 4.90 Å². The highest BCUT2D eigenvalue weighted by Gasteiger charge is 2.33. The van der Waals surface area contributed by atoms with Gasteiger partial charge in [0.15, 0.2) is 0 Å². The highest BCUT2D eigenvalue weighted by Crippen LogP contribution is 2.30. The maximum atomic E-state index is 11.8. The minimum Gasteiger partial charge on any atom is -0.277 e. The van der Waals surface area contributed by atoms with Gasteiger partial charge in [0.2, 0.25) is 11.8 Å². The van der Waals surface area contributed by atoms with Gasteiger partial charge in [-0.2, -0.15) is 0 Å². The molecule has 4 amide bonds. The number of barbiturate groups is 1. The SMILES string of the molecule is Cc1cc(Br)c(N2C(=O)CC(=O)NC2=O)cc1C. The molecule has 1 aliphatic heterocycles. The number of amides is 4. The van der Waals surface area contributed by atoms with Gasteiger partial charge in [0.25, 0.3) is 0 Å². The first kappa shape index (κ1) is 12.8. The summed E-state index contributed by atoms with van der Waals surface area (Å²) >= 11 is 3.33. The van der Waals surface area contributed by atoms with Crippen LogP contribution in [0.4, 0.5) is 10.5 Å². The third-order valence-electron chi connectivity index (χ3n) is 2.81. The van der Waals surface area contributed by atoms with E-state index in [9.17, 15) is 14.4 Å². The van der Waals surface area contributed by atoms with Gasteiger partial charge in [0.05, 0.1) is 5.69 Å². The molecule has 0 spiro atoms. The van der Waals surface area contributed by atoms with Crippen molar-refractivity contribution in [1.82, 2.24) is 5.32 Å². The minimum absolute atomic E-state index is 0.314. The van der Waals surface area contributed by atoms with Crippen LogP contribution < -0.4 is 10.2 Å². The van der Waals surface area contributed by atoms with Crippen LogP contribution in [0.1, 0.15) is 17.5 Å². The molecule has 0 bridgehead atoms. The molecule has 1 aromatic carbocycles. The maximum absolute atomic E-state index is 11.8. The molecule has 1 heterocycles. The van der Waals surface area contributed by atoms with Gasteiger partial charge < -0.3 is 0 Å². The van der Waals surface area contributed by atoms with Gasteiger partial charge in [-0.25, -0.2) is 9.69 Å². The lowest BCUT2D eigenvalue weighted by Gasteiger charge is -2.26. The number of halogens is 1. The summed E-state index contributed by atoms with van der Waals surface area (Å²) in [6.07, 6.45) is -0.314.